The van der Waals surface area contributed by atoms with E-state index in [9.17, 15) is 9.59 Å². The van der Waals surface area contributed by atoms with Gasteiger partial charge in [0, 0.05) is 12.2 Å². The number of benzene rings is 1. The maximum atomic E-state index is 11.9. The second-order valence-electron chi connectivity index (χ2n) is 6.15. The molecule has 128 valence electrons. The Morgan fingerprint density at radius 1 is 0.960 bits per heavy atom. The lowest BCUT2D eigenvalue weighted by atomic mass is 10.1. The van der Waals surface area contributed by atoms with Crippen LogP contribution < -0.4 is 21.5 Å². The van der Waals surface area contributed by atoms with Crippen molar-refractivity contribution in [2.75, 3.05) is 10.6 Å². The molecule has 0 fully saturated rings. The van der Waals surface area contributed by atoms with Crippen LogP contribution >= 0.6 is 0 Å². The second kappa shape index (κ2) is 7.75. The highest BCUT2D eigenvalue weighted by atomic mass is 16.2. The average Bonchev–Trinajstić information content (AvgIpc) is 2.67. The lowest BCUT2D eigenvalue weighted by Crippen LogP contribution is -2.39. The monoisotopic (exact) mass is 335 g/mol. The van der Waals surface area contributed by atoms with Gasteiger partial charge in [0.25, 0.3) is 10.9 Å². The van der Waals surface area contributed by atoms with Crippen molar-refractivity contribution in [1.82, 2.24) is 4.98 Å². The van der Waals surface area contributed by atoms with Crippen LogP contribution in [0.3, 0.4) is 0 Å². The van der Waals surface area contributed by atoms with E-state index in [4.69, 9.17) is 0 Å². The molecule has 0 aliphatic heterocycles. The summed E-state index contributed by atoms with van der Waals surface area (Å²) in [5.41, 5.74) is 1.92. The lowest BCUT2D eigenvalue weighted by Gasteiger charge is -2.19. The Morgan fingerprint density at radius 2 is 1.68 bits per heavy atom. The third kappa shape index (κ3) is 4.12. The summed E-state index contributed by atoms with van der Waals surface area (Å²) >= 11 is 0. The number of hydrogen-bond acceptors (Lipinski definition) is 5. The van der Waals surface area contributed by atoms with E-state index < -0.39 is 10.9 Å². The maximum Gasteiger partial charge on any atom is 0.253 e. The maximum absolute atomic E-state index is 11.9. The van der Waals surface area contributed by atoms with E-state index in [0.717, 1.165) is 18.5 Å². The molecule has 2 aromatic carbocycles. The van der Waals surface area contributed by atoms with Gasteiger partial charge in [0.2, 0.25) is 0 Å². The first kappa shape index (κ1) is 16.9. The van der Waals surface area contributed by atoms with E-state index in [2.05, 4.69) is 27.8 Å². The first-order valence-electron chi connectivity index (χ1n) is 8.42. The van der Waals surface area contributed by atoms with Crippen molar-refractivity contribution in [3.63, 3.8) is 0 Å². The molecule has 0 bridgehead atoms. The van der Waals surface area contributed by atoms with Crippen LogP contribution in [0.15, 0.2) is 64.3 Å². The van der Waals surface area contributed by atoms with Crippen molar-refractivity contribution in [1.29, 1.82) is 0 Å². The first-order chi connectivity index (χ1) is 12.1. The summed E-state index contributed by atoms with van der Waals surface area (Å²) < 4.78 is 0. The summed E-state index contributed by atoms with van der Waals surface area (Å²) in [4.78, 5) is 27.9. The van der Waals surface area contributed by atoms with E-state index in [1.165, 1.54) is 5.56 Å². The third-order valence-corrected chi connectivity index (χ3v) is 4.18. The Labute approximate surface area is 146 Å². The summed E-state index contributed by atoms with van der Waals surface area (Å²) in [6.45, 7) is 2.43. The van der Waals surface area contributed by atoms with Crippen molar-refractivity contribution < 1.29 is 0 Å². The second-order valence-corrected chi connectivity index (χ2v) is 6.15. The number of rotatable bonds is 8. The summed E-state index contributed by atoms with van der Waals surface area (Å²) in [6.07, 6.45) is 3.49. The highest BCUT2D eigenvalue weighted by Gasteiger charge is 2.21. The van der Waals surface area contributed by atoms with Crippen molar-refractivity contribution in [3.05, 3.63) is 86.4 Å². The number of nitrogens with one attached hydrogen (secondary N) is 2. The predicted octanol–water partition coefficient (Wildman–Crippen LogP) is 2.72. The van der Waals surface area contributed by atoms with Gasteiger partial charge in [0.1, 0.15) is 11.4 Å². The highest BCUT2D eigenvalue weighted by Crippen LogP contribution is 2.18. The van der Waals surface area contributed by atoms with E-state index in [1.807, 2.05) is 43.3 Å². The molecule has 0 unspecified atom stereocenters. The van der Waals surface area contributed by atoms with Crippen LogP contribution in [-0.2, 0) is 13.0 Å². The van der Waals surface area contributed by atoms with E-state index >= 15 is 0 Å². The molecule has 0 saturated carbocycles. The van der Waals surface area contributed by atoms with Crippen LogP contribution in [0.5, 0.6) is 0 Å². The van der Waals surface area contributed by atoms with Gasteiger partial charge in [-0.3, -0.25) is 14.6 Å². The van der Waals surface area contributed by atoms with Crippen LogP contribution in [0.1, 0.15) is 24.6 Å². The molecule has 0 saturated heterocycles. The van der Waals surface area contributed by atoms with Crippen LogP contribution in [0.25, 0.3) is 0 Å². The molecule has 3 rings (SSSR count). The lowest BCUT2D eigenvalue weighted by molar-refractivity contribution is 0.704. The fourth-order valence-corrected chi connectivity index (χ4v) is 2.73. The zero-order chi connectivity index (χ0) is 17.6. The van der Waals surface area contributed by atoms with E-state index in [0.29, 0.717) is 17.9 Å². The SMILES string of the molecule is C[C@H](CCc1ccccc1)Nc1c(NCc2ccccn2)c(=O)c1=O. The molecule has 1 atom stereocenters. The van der Waals surface area contributed by atoms with Gasteiger partial charge in [-0.2, -0.15) is 0 Å². The van der Waals surface area contributed by atoms with Gasteiger partial charge in [-0.25, -0.2) is 0 Å². The number of aromatic nitrogens is 1. The third-order valence-electron chi connectivity index (χ3n) is 4.18. The van der Waals surface area contributed by atoms with Crippen LogP contribution in [0, 0.1) is 0 Å². The van der Waals surface area contributed by atoms with Crippen molar-refractivity contribution in [2.24, 2.45) is 0 Å². The highest BCUT2D eigenvalue weighted by molar-refractivity contribution is 5.74. The minimum absolute atomic E-state index is 0.0962. The number of anilines is 2. The quantitative estimate of drug-likeness (QED) is 0.619. The topological polar surface area (TPSA) is 71.1 Å². The van der Waals surface area contributed by atoms with Gasteiger partial charge in [0.05, 0.1) is 12.2 Å². The Morgan fingerprint density at radius 3 is 2.40 bits per heavy atom. The summed E-state index contributed by atoms with van der Waals surface area (Å²) in [7, 11) is 0. The molecule has 0 aliphatic rings. The average molecular weight is 335 g/mol. The number of aryl methyl sites for hydroxylation is 1. The minimum Gasteiger partial charge on any atom is -0.377 e. The van der Waals surface area contributed by atoms with Gasteiger partial charge in [-0.1, -0.05) is 36.4 Å². The molecule has 1 heterocycles. The standard InChI is InChI=1S/C20H21N3O2/c1-14(10-11-15-7-3-2-4-8-15)23-18-17(19(24)20(18)25)22-13-16-9-5-6-12-21-16/h2-9,12,14,22-23H,10-11,13H2,1H3/t14-/m1/s1. The van der Waals surface area contributed by atoms with Crippen LogP contribution in [-0.4, -0.2) is 11.0 Å². The van der Waals surface area contributed by atoms with E-state index in [1.54, 1.807) is 6.20 Å². The first-order valence-corrected chi connectivity index (χ1v) is 8.42. The molecule has 0 spiro atoms. The summed E-state index contributed by atoms with van der Waals surface area (Å²) in [5.74, 6) is 0. The molecular weight excluding hydrogens is 314 g/mol. The molecule has 0 amide bonds. The Balaban J connectivity index is 1.58. The van der Waals surface area contributed by atoms with Gasteiger partial charge in [-0.15, -0.1) is 0 Å². The number of nitrogens with zero attached hydrogens (tertiary/aromatic N) is 1. The number of pyridine rings is 1. The van der Waals surface area contributed by atoms with Crippen molar-refractivity contribution >= 4 is 11.4 Å². The fraction of sp³-hybridized carbons (Fsp3) is 0.250. The Hall–Kier alpha value is -2.95. The minimum atomic E-state index is -0.464. The van der Waals surface area contributed by atoms with Gasteiger partial charge in [0.15, 0.2) is 0 Å². The molecule has 5 heteroatoms. The Kier molecular flexibility index (Phi) is 5.23. The molecule has 0 radical (unpaired) electrons. The zero-order valence-electron chi connectivity index (χ0n) is 14.2. The zero-order valence-corrected chi connectivity index (χ0v) is 14.2. The normalized spacial score (nSPS) is 12.0. The molecule has 2 N–H and O–H groups in total. The molecule has 1 aromatic heterocycles. The van der Waals surface area contributed by atoms with Crippen molar-refractivity contribution in [2.45, 2.75) is 32.4 Å². The summed E-state index contributed by atoms with van der Waals surface area (Å²) in [5, 5.41) is 6.21. The predicted molar refractivity (Wildman–Crippen MR) is 101 cm³/mol. The van der Waals surface area contributed by atoms with Gasteiger partial charge >= 0.3 is 0 Å². The smallest absolute Gasteiger partial charge is 0.253 e. The molecule has 0 aliphatic carbocycles. The molecular formula is C20H21N3O2. The van der Waals surface area contributed by atoms with Gasteiger partial charge < -0.3 is 10.6 Å². The van der Waals surface area contributed by atoms with Crippen LogP contribution in [0.2, 0.25) is 0 Å². The largest absolute Gasteiger partial charge is 0.377 e. The summed E-state index contributed by atoms with van der Waals surface area (Å²) in [6, 6.07) is 15.9. The fourth-order valence-electron chi connectivity index (χ4n) is 2.73. The van der Waals surface area contributed by atoms with Crippen LogP contribution in [0.4, 0.5) is 11.4 Å². The number of hydrogen-bond donors (Lipinski definition) is 2. The molecule has 5 nitrogen and oxygen atoms in total. The molecule has 3 aromatic rings. The van der Waals surface area contributed by atoms with E-state index in [-0.39, 0.29) is 6.04 Å². The molecule has 25 heavy (non-hydrogen) atoms. The van der Waals surface area contributed by atoms with Crippen molar-refractivity contribution in [3.8, 4) is 0 Å². The van der Waals surface area contributed by atoms with Gasteiger partial charge in [-0.05, 0) is 37.5 Å². The Bertz CT molecular complexity index is 884.